The second kappa shape index (κ2) is 6.05. The van der Waals surface area contributed by atoms with Crippen LogP contribution in [-0.2, 0) is 4.79 Å². The standard InChI is InChI=1S/C15H27NO2/c1-2-15(8-3-4-9-15)14(18)16-11-12-6-5-7-13(17)10-12/h12-13,17H,2-11H2,1H3,(H,16,18). The molecule has 2 atom stereocenters. The largest absolute Gasteiger partial charge is 0.393 e. The van der Waals surface area contributed by atoms with Crippen LogP contribution in [0.2, 0.25) is 0 Å². The molecule has 0 heterocycles. The first-order chi connectivity index (χ1) is 8.66. The van der Waals surface area contributed by atoms with Gasteiger partial charge in [-0.2, -0.15) is 0 Å². The van der Waals surface area contributed by atoms with E-state index in [0.29, 0.717) is 5.92 Å². The lowest BCUT2D eigenvalue weighted by atomic mass is 9.82. The van der Waals surface area contributed by atoms with Gasteiger partial charge in [-0.25, -0.2) is 0 Å². The number of hydrogen-bond acceptors (Lipinski definition) is 2. The van der Waals surface area contributed by atoms with Crippen molar-refractivity contribution >= 4 is 5.91 Å². The molecule has 2 aliphatic carbocycles. The smallest absolute Gasteiger partial charge is 0.226 e. The highest BCUT2D eigenvalue weighted by molar-refractivity contribution is 5.82. The van der Waals surface area contributed by atoms with Crippen LogP contribution in [0.4, 0.5) is 0 Å². The third-order valence-corrected chi connectivity index (χ3v) is 5.03. The molecule has 0 saturated heterocycles. The van der Waals surface area contributed by atoms with E-state index >= 15 is 0 Å². The minimum Gasteiger partial charge on any atom is -0.393 e. The van der Waals surface area contributed by atoms with Crippen LogP contribution < -0.4 is 5.32 Å². The predicted octanol–water partition coefficient (Wildman–Crippen LogP) is 2.62. The van der Waals surface area contributed by atoms with Crippen LogP contribution in [0.5, 0.6) is 0 Å². The average Bonchev–Trinajstić information content (AvgIpc) is 2.86. The fourth-order valence-electron chi connectivity index (χ4n) is 3.67. The van der Waals surface area contributed by atoms with Gasteiger partial charge in [0.1, 0.15) is 0 Å². The van der Waals surface area contributed by atoms with Crippen molar-refractivity contribution in [2.45, 2.75) is 70.8 Å². The van der Waals surface area contributed by atoms with Crippen molar-refractivity contribution in [3.8, 4) is 0 Å². The molecule has 2 aliphatic rings. The van der Waals surface area contributed by atoms with Gasteiger partial charge in [0.25, 0.3) is 0 Å². The van der Waals surface area contributed by atoms with Crippen LogP contribution >= 0.6 is 0 Å². The van der Waals surface area contributed by atoms with E-state index in [1.165, 1.54) is 12.8 Å². The molecule has 0 spiro atoms. The first-order valence-electron chi connectivity index (χ1n) is 7.62. The molecule has 2 N–H and O–H groups in total. The van der Waals surface area contributed by atoms with E-state index in [1.54, 1.807) is 0 Å². The molecular weight excluding hydrogens is 226 g/mol. The number of nitrogens with one attached hydrogen (secondary N) is 1. The summed E-state index contributed by atoms with van der Waals surface area (Å²) in [4.78, 5) is 12.3. The molecule has 2 rings (SSSR count). The lowest BCUT2D eigenvalue weighted by molar-refractivity contribution is -0.131. The lowest BCUT2D eigenvalue weighted by Crippen LogP contribution is -2.41. The summed E-state index contributed by atoms with van der Waals surface area (Å²) in [7, 11) is 0. The molecule has 2 unspecified atom stereocenters. The van der Waals surface area contributed by atoms with Crippen LogP contribution in [0.1, 0.15) is 64.7 Å². The maximum atomic E-state index is 12.3. The normalized spacial score (nSPS) is 31.2. The van der Waals surface area contributed by atoms with Crippen LogP contribution in [-0.4, -0.2) is 23.7 Å². The van der Waals surface area contributed by atoms with Crippen molar-refractivity contribution < 1.29 is 9.90 Å². The third-order valence-electron chi connectivity index (χ3n) is 5.03. The van der Waals surface area contributed by atoms with E-state index in [2.05, 4.69) is 12.2 Å². The van der Waals surface area contributed by atoms with Crippen molar-refractivity contribution in [3.05, 3.63) is 0 Å². The molecule has 2 fully saturated rings. The van der Waals surface area contributed by atoms with Crippen molar-refractivity contribution in [2.24, 2.45) is 11.3 Å². The molecule has 104 valence electrons. The summed E-state index contributed by atoms with van der Waals surface area (Å²) in [6.07, 6.45) is 9.37. The average molecular weight is 253 g/mol. The van der Waals surface area contributed by atoms with Crippen LogP contribution in [0.15, 0.2) is 0 Å². The Balaban J connectivity index is 1.80. The molecule has 0 aliphatic heterocycles. The van der Waals surface area contributed by atoms with E-state index in [0.717, 1.165) is 51.5 Å². The lowest BCUT2D eigenvalue weighted by Gasteiger charge is -2.30. The molecule has 0 aromatic heterocycles. The second-order valence-electron chi connectivity index (χ2n) is 6.24. The highest BCUT2D eigenvalue weighted by atomic mass is 16.3. The Morgan fingerprint density at radius 1 is 1.28 bits per heavy atom. The predicted molar refractivity (Wildman–Crippen MR) is 72.2 cm³/mol. The second-order valence-corrected chi connectivity index (χ2v) is 6.24. The van der Waals surface area contributed by atoms with Gasteiger partial charge in [-0.05, 0) is 44.4 Å². The summed E-state index contributed by atoms with van der Waals surface area (Å²) in [6, 6.07) is 0. The van der Waals surface area contributed by atoms with Crippen molar-refractivity contribution in [2.75, 3.05) is 6.54 Å². The highest BCUT2D eigenvalue weighted by Crippen LogP contribution is 2.41. The number of rotatable bonds is 4. The van der Waals surface area contributed by atoms with Gasteiger partial charge in [0.05, 0.1) is 6.10 Å². The maximum Gasteiger partial charge on any atom is 0.226 e. The fraction of sp³-hybridized carbons (Fsp3) is 0.933. The molecule has 0 aromatic carbocycles. The Bertz CT molecular complexity index is 284. The molecule has 1 amide bonds. The monoisotopic (exact) mass is 253 g/mol. The van der Waals surface area contributed by atoms with Crippen molar-refractivity contribution in [3.63, 3.8) is 0 Å². The molecule has 0 bridgehead atoms. The Morgan fingerprint density at radius 2 is 2.00 bits per heavy atom. The van der Waals surface area contributed by atoms with E-state index < -0.39 is 0 Å². The van der Waals surface area contributed by atoms with Crippen LogP contribution in [0, 0.1) is 11.3 Å². The molecule has 2 saturated carbocycles. The van der Waals surface area contributed by atoms with E-state index in [-0.39, 0.29) is 17.4 Å². The Morgan fingerprint density at radius 3 is 2.61 bits per heavy atom. The van der Waals surface area contributed by atoms with Gasteiger partial charge in [-0.1, -0.05) is 26.2 Å². The summed E-state index contributed by atoms with van der Waals surface area (Å²) in [5.41, 5.74) is -0.0761. The number of carbonyl (C=O) groups excluding carboxylic acids is 1. The zero-order valence-electron chi connectivity index (χ0n) is 11.6. The summed E-state index contributed by atoms with van der Waals surface area (Å²) < 4.78 is 0. The summed E-state index contributed by atoms with van der Waals surface area (Å²) >= 11 is 0. The van der Waals surface area contributed by atoms with Crippen molar-refractivity contribution in [1.82, 2.24) is 5.32 Å². The van der Waals surface area contributed by atoms with Gasteiger partial charge in [-0.3, -0.25) is 4.79 Å². The molecule has 18 heavy (non-hydrogen) atoms. The minimum absolute atomic E-state index is 0.0761. The number of aliphatic hydroxyl groups is 1. The third kappa shape index (κ3) is 3.05. The molecule has 0 radical (unpaired) electrons. The zero-order valence-corrected chi connectivity index (χ0v) is 11.6. The maximum absolute atomic E-state index is 12.3. The van der Waals surface area contributed by atoms with Gasteiger partial charge in [-0.15, -0.1) is 0 Å². The van der Waals surface area contributed by atoms with Gasteiger partial charge >= 0.3 is 0 Å². The van der Waals surface area contributed by atoms with Crippen LogP contribution in [0.3, 0.4) is 0 Å². The van der Waals surface area contributed by atoms with E-state index in [4.69, 9.17) is 0 Å². The topological polar surface area (TPSA) is 49.3 Å². The Labute approximate surface area is 110 Å². The summed E-state index contributed by atoms with van der Waals surface area (Å²) in [5.74, 6) is 0.746. The van der Waals surface area contributed by atoms with Gasteiger partial charge in [0.15, 0.2) is 0 Å². The summed E-state index contributed by atoms with van der Waals surface area (Å²) in [5, 5.41) is 12.8. The van der Waals surface area contributed by atoms with Crippen LogP contribution in [0.25, 0.3) is 0 Å². The molecule has 0 aromatic rings. The number of hydrogen-bond donors (Lipinski definition) is 2. The minimum atomic E-state index is -0.146. The SMILES string of the molecule is CCC1(C(=O)NCC2CCCC(O)C2)CCCC1. The van der Waals surface area contributed by atoms with Crippen molar-refractivity contribution in [1.29, 1.82) is 0 Å². The highest BCUT2D eigenvalue weighted by Gasteiger charge is 2.39. The molecule has 3 nitrogen and oxygen atoms in total. The van der Waals surface area contributed by atoms with E-state index in [9.17, 15) is 9.90 Å². The van der Waals surface area contributed by atoms with Gasteiger partial charge in [0.2, 0.25) is 5.91 Å². The van der Waals surface area contributed by atoms with Gasteiger partial charge < -0.3 is 10.4 Å². The number of aliphatic hydroxyl groups excluding tert-OH is 1. The number of amides is 1. The zero-order chi connectivity index (χ0) is 13.0. The number of carbonyl (C=O) groups is 1. The van der Waals surface area contributed by atoms with Gasteiger partial charge in [0, 0.05) is 12.0 Å². The first kappa shape index (κ1) is 13.9. The van der Waals surface area contributed by atoms with E-state index in [1.807, 2.05) is 0 Å². The first-order valence-corrected chi connectivity index (χ1v) is 7.62. The Hall–Kier alpha value is -0.570. The fourth-order valence-corrected chi connectivity index (χ4v) is 3.67. The molecule has 3 heteroatoms. The Kier molecular flexibility index (Phi) is 4.66. The quantitative estimate of drug-likeness (QED) is 0.809. The molecular formula is C15H27NO2. The summed E-state index contributed by atoms with van der Waals surface area (Å²) in [6.45, 7) is 2.90.